The predicted molar refractivity (Wildman–Crippen MR) is 56.1 cm³/mol. The molecule has 2 rings (SSSR count). The Morgan fingerprint density at radius 3 is 2.65 bits per heavy atom. The van der Waals surface area contributed by atoms with Crippen LogP contribution in [0.25, 0.3) is 0 Å². The zero-order valence-electron chi connectivity index (χ0n) is 8.85. The van der Waals surface area contributed by atoms with Gasteiger partial charge in [0.05, 0.1) is 10.3 Å². The Balaban J connectivity index is 2.29. The molecule has 17 heavy (non-hydrogen) atoms. The van der Waals surface area contributed by atoms with Gasteiger partial charge < -0.3 is 5.11 Å². The molecule has 0 spiro atoms. The number of carboxylic acids is 1. The first kappa shape index (κ1) is 11.5. The highest BCUT2D eigenvalue weighted by molar-refractivity contribution is 5.78. The lowest BCUT2D eigenvalue weighted by molar-refractivity contribution is -0.385. The second-order valence-corrected chi connectivity index (χ2v) is 4.30. The van der Waals surface area contributed by atoms with Crippen molar-refractivity contribution in [2.24, 2.45) is 5.41 Å². The number of aliphatic carboxylic acids is 1. The van der Waals surface area contributed by atoms with E-state index in [1.807, 2.05) is 0 Å². The normalized spacial score (nSPS) is 16.5. The van der Waals surface area contributed by atoms with E-state index in [1.54, 1.807) is 0 Å². The van der Waals surface area contributed by atoms with Crippen LogP contribution in [0.5, 0.6) is 0 Å². The third-order valence-corrected chi connectivity index (χ3v) is 3.08. The molecule has 6 heteroatoms. The molecule has 1 fully saturated rings. The van der Waals surface area contributed by atoms with Crippen LogP contribution in [0.15, 0.2) is 18.2 Å². The number of carbonyl (C=O) groups is 1. The number of hydrogen-bond acceptors (Lipinski definition) is 3. The Hall–Kier alpha value is -1.98. The topological polar surface area (TPSA) is 80.4 Å². The molecule has 0 amide bonds. The number of hydrogen-bond donors (Lipinski definition) is 1. The molecule has 1 aliphatic rings. The van der Waals surface area contributed by atoms with Gasteiger partial charge in [-0.2, -0.15) is 0 Å². The van der Waals surface area contributed by atoms with Gasteiger partial charge in [0.25, 0.3) is 5.69 Å². The molecular formula is C11H10FNO4. The number of nitrogens with zero attached hydrogens (tertiary/aromatic N) is 1. The number of rotatable bonds is 4. The second kappa shape index (κ2) is 3.80. The van der Waals surface area contributed by atoms with Crippen LogP contribution in [0.2, 0.25) is 0 Å². The van der Waals surface area contributed by atoms with Crippen molar-refractivity contribution in [1.29, 1.82) is 0 Å². The predicted octanol–water partition coefficient (Wildman–Crippen LogP) is 2.14. The average Bonchev–Trinajstić information content (AvgIpc) is 3.02. The summed E-state index contributed by atoms with van der Waals surface area (Å²) in [5.74, 6) is -1.56. The van der Waals surface area contributed by atoms with Crippen molar-refractivity contribution in [2.45, 2.75) is 19.3 Å². The van der Waals surface area contributed by atoms with Crippen molar-refractivity contribution in [1.82, 2.24) is 0 Å². The summed E-state index contributed by atoms with van der Waals surface area (Å²) in [7, 11) is 0. The highest BCUT2D eigenvalue weighted by Crippen LogP contribution is 2.49. The van der Waals surface area contributed by atoms with E-state index in [-0.39, 0.29) is 17.7 Å². The summed E-state index contributed by atoms with van der Waals surface area (Å²) < 4.78 is 13.4. The van der Waals surface area contributed by atoms with Gasteiger partial charge in [-0.3, -0.25) is 14.9 Å². The maximum atomic E-state index is 13.4. The molecule has 1 N–H and O–H groups in total. The van der Waals surface area contributed by atoms with Crippen molar-refractivity contribution < 1.29 is 19.2 Å². The van der Waals surface area contributed by atoms with E-state index in [1.165, 1.54) is 0 Å². The Labute approximate surface area is 96.0 Å². The van der Waals surface area contributed by atoms with Gasteiger partial charge in [0.1, 0.15) is 5.82 Å². The molecule has 1 aliphatic carbocycles. The lowest BCUT2D eigenvalue weighted by Crippen LogP contribution is -2.18. The SMILES string of the molecule is O=C(O)C1(Cc2cc([N+](=O)[O-])ccc2F)CC1. The summed E-state index contributed by atoms with van der Waals surface area (Å²) in [4.78, 5) is 20.9. The Morgan fingerprint density at radius 1 is 1.53 bits per heavy atom. The largest absolute Gasteiger partial charge is 0.481 e. The van der Waals surface area contributed by atoms with Crippen LogP contribution in [0.3, 0.4) is 0 Å². The van der Waals surface area contributed by atoms with Crippen molar-refractivity contribution in [3.05, 3.63) is 39.7 Å². The standard InChI is InChI=1S/C11H10FNO4/c12-9-2-1-8(13(16)17)5-7(9)6-11(3-4-11)10(14)15/h1-2,5H,3-4,6H2,(H,14,15). The number of benzene rings is 1. The molecule has 0 heterocycles. The van der Waals surface area contributed by atoms with Crippen LogP contribution in [0.4, 0.5) is 10.1 Å². The summed E-state index contributed by atoms with van der Waals surface area (Å²) in [6, 6.07) is 3.18. The summed E-state index contributed by atoms with van der Waals surface area (Å²) in [6.45, 7) is 0. The van der Waals surface area contributed by atoms with E-state index >= 15 is 0 Å². The monoisotopic (exact) mass is 239 g/mol. The molecule has 0 aliphatic heterocycles. The molecule has 0 bridgehead atoms. The quantitative estimate of drug-likeness (QED) is 0.644. The number of nitro benzene ring substituents is 1. The third kappa shape index (κ3) is 2.11. The van der Waals surface area contributed by atoms with E-state index in [9.17, 15) is 19.3 Å². The fourth-order valence-corrected chi connectivity index (χ4v) is 1.79. The zero-order valence-corrected chi connectivity index (χ0v) is 8.85. The smallest absolute Gasteiger partial charge is 0.309 e. The van der Waals surface area contributed by atoms with Gasteiger partial charge in [0.2, 0.25) is 0 Å². The first-order chi connectivity index (χ1) is 7.94. The van der Waals surface area contributed by atoms with Gasteiger partial charge in [0, 0.05) is 12.1 Å². The number of halogens is 1. The highest BCUT2D eigenvalue weighted by Gasteiger charge is 2.50. The van der Waals surface area contributed by atoms with Gasteiger partial charge >= 0.3 is 5.97 Å². The van der Waals surface area contributed by atoms with Crippen LogP contribution in [-0.2, 0) is 11.2 Å². The second-order valence-electron chi connectivity index (χ2n) is 4.30. The molecule has 1 saturated carbocycles. The number of non-ortho nitro benzene ring substituents is 1. The van der Waals surface area contributed by atoms with Crippen LogP contribution in [-0.4, -0.2) is 16.0 Å². The molecule has 0 aromatic heterocycles. The summed E-state index contributed by atoms with van der Waals surface area (Å²) in [5.41, 5.74) is -1.04. The van der Waals surface area contributed by atoms with E-state index in [2.05, 4.69) is 0 Å². The molecular weight excluding hydrogens is 229 g/mol. The maximum absolute atomic E-state index is 13.4. The van der Waals surface area contributed by atoms with E-state index in [4.69, 9.17) is 5.11 Å². The molecule has 1 aromatic rings. The van der Waals surface area contributed by atoms with Crippen LogP contribution in [0, 0.1) is 21.3 Å². The highest BCUT2D eigenvalue weighted by atomic mass is 19.1. The minimum Gasteiger partial charge on any atom is -0.481 e. The van der Waals surface area contributed by atoms with Gasteiger partial charge in [-0.05, 0) is 30.9 Å². The van der Waals surface area contributed by atoms with Crippen molar-refractivity contribution in [3.8, 4) is 0 Å². The Kier molecular flexibility index (Phi) is 2.57. The van der Waals surface area contributed by atoms with Gasteiger partial charge in [-0.1, -0.05) is 0 Å². The van der Waals surface area contributed by atoms with Crippen molar-refractivity contribution in [2.75, 3.05) is 0 Å². The third-order valence-electron chi connectivity index (χ3n) is 3.08. The number of carboxylic acid groups (broad SMARTS) is 1. The fourth-order valence-electron chi connectivity index (χ4n) is 1.79. The van der Waals surface area contributed by atoms with Crippen LogP contribution in [0.1, 0.15) is 18.4 Å². The van der Waals surface area contributed by atoms with Crippen LogP contribution < -0.4 is 0 Å². The average molecular weight is 239 g/mol. The lowest BCUT2D eigenvalue weighted by atomic mass is 9.96. The van der Waals surface area contributed by atoms with E-state index in [0.717, 1.165) is 18.2 Å². The fraction of sp³-hybridized carbons (Fsp3) is 0.364. The molecule has 0 atom stereocenters. The minimum absolute atomic E-state index is 0.00977. The first-order valence-electron chi connectivity index (χ1n) is 5.11. The lowest BCUT2D eigenvalue weighted by Gasteiger charge is -2.09. The molecule has 90 valence electrons. The van der Waals surface area contributed by atoms with E-state index < -0.39 is 22.1 Å². The molecule has 1 aromatic carbocycles. The Bertz CT molecular complexity index is 496. The Morgan fingerprint density at radius 2 is 2.18 bits per heavy atom. The van der Waals surface area contributed by atoms with Gasteiger partial charge in [-0.15, -0.1) is 0 Å². The van der Waals surface area contributed by atoms with Crippen molar-refractivity contribution in [3.63, 3.8) is 0 Å². The van der Waals surface area contributed by atoms with Crippen LogP contribution >= 0.6 is 0 Å². The number of nitro groups is 1. The van der Waals surface area contributed by atoms with Crippen molar-refractivity contribution >= 4 is 11.7 Å². The van der Waals surface area contributed by atoms with Gasteiger partial charge in [-0.25, -0.2) is 4.39 Å². The molecule has 0 saturated heterocycles. The molecule has 0 radical (unpaired) electrons. The molecule has 0 unspecified atom stereocenters. The molecule has 5 nitrogen and oxygen atoms in total. The minimum atomic E-state index is -0.969. The summed E-state index contributed by atoms with van der Waals surface area (Å²) >= 11 is 0. The maximum Gasteiger partial charge on any atom is 0.309 e. The zero-order chi connectivity index (χ0) is 12.6. The first-order valence-corrected chi connectivity index (χ1v) is 5.11. The summed E-state index contributed by atoms with van der Waals surface area (Å²) in [6.07, 6.45) is 0.991. The van der Waals surface area contributed by atoms with E-state index in [0.29, 0.717) is 12.8 Å². The summed E-state index contributed by atoms with van der Waals surface area (Å²) in [5, 5.41) is 19.5. The van der Waals surface area contributed by atoms with Gasteiger partial charge in [0.15, 0.2) is 0 Å².